The van der Waals surface area contributed by atoms with Crippen molar-refractivity contribution in [2.75, 3.05) is 13.1 Å². The molecular weight excluding hydrogens is 411 g/mol. The molecule has 4 rings (SSSR count). The van der Waals surface area contributed by atoms with Crippen LogP contribution in [0.3, 0.4) is 0 Å². The van der Waals surface area contributed by atoms with Gasteiger partial charge in [0.25, 0.3) is 0 Å². The van der Waals surface area contributed by atoms with E-state index >= 15 is 0 Å². The molecule has 2 aromatic carbocycles. The predicted molar refractivity (Wildman–Crippen MR) is 104 cm³/mol. The second-order valence-corrected chi connectivity index (χ2v) is 7.56. The van der Waals surface area contributed by atoms with E-state index < -0.39 is 23.2 Å². The van der Waals surface area contributed by atoms with E-state index in [1.54, 1.807) is 6.07 Å². The molecule has 2 heterocycles. The van der Waals surface area contributed by atoms with Crippen molar-refractivity contribution >= 4 is 6.09 Å². The highest BCUT2D eigenvalue weighted by atomic mass is 19.4. The van der Waals surface area contributed by atoms with Gasteiger partial charge in [-0.1, -0.05) is 42.5 Å². The molecule has 10 heteroatoms. The summed E-state index contributed by atoms with van der Waals surface area (Å²) in [7, 11) is 0. The number of halogens is 3. The minimum Gasteiger partial charge on any atom is -0.465 e. The Labute approximate surface area is 176 Å². The van der Waals surface area contributed by atoms with Crippen molar-refractivity contribution in [2.45, 2.75) is 31.0 Å². The van der Waals surface area contributed by atoms with Gasteiger partial charge in [-0.15, -0.1) is 10.2 Å². The Balaban J connectivity index is 1.63. The molecule has 1 saturated heterocycles. The number of alkyl halides is 3. The van der Waals surface area contributed by atoms with Crippen LogP contribution in [0.2, 0.25) is 0 Å². The highest BCUT2D eigenvalue weighted by Gasteiger charge is 2.42. The van der Waals surface area contributed by atoms with Crippen LogP contribution >= 0.6 is 0 Å². The van der Waals surface area contributed by atoms with E-state index in [0.717, 1.165) is 17.7 Å². The van der Waals surface area contributed by atoms with E-state index in [1.165, 1.54) is 15.8 Å². The van der Waals surface area contributed by atoms with E-state index in [0.29, 0.717) is 37.3 Å². The SMILES string of the molecule is O=C(O)N1CCC(c2ccccc2)(c2nnn(Cc3cccc(C(F)(F)F)c3)n2)CC1. The average Bonchev–Trinajstić information content (AvgIpc) is 3.23. The lowest BCUT2D eigenvalue weighted by atomic mass is 9.72. The number of likely N-dealkylation sites (tertiary alicyclic amines) is 1. The van der Waals surface area contributed by atoms with Crippen LogP contribution in [0.25, 0.3) is 0 Å². The van der Waals surface area contributed by atoms with E-state index in [2.05, 4.69) is 15.4 Å². The summed E-state index contributed by atoms with van der Waals surface area (Å²) in [4.78, 5) is 14.0. The Kier molecular flexibility index (Phi) is 5.38. The molecule has 162 valence electrons. The van der Waals surface area contributed by atoms with Crippen molar-refractivity contribution in [1.29, 1.82) is 0 Å². The van der Waals surface area contributed by atoms with Crippen LogP contribution in [-0.4, -0.2) is 49.4 Å². The minimum absolute atomic E-state index is 0.0447. The first-order valence-electron chi connectivity index (χ1n) is 9.76. The smallest absolute Gasteiger partial charge is 0.416 e. The van der Waals surface area contributed by atoms with Crippen molar-refractivity contribution in [1.82, 2.24) is 25.1 Å². The maximum Gasteiger partial charge on any atom is 0.416 e. The van der Waals surface area contributed by atoms with Gasteiger partial charge >= 0.3 is 12.3 Å². The summed E-state index contributed by atoms with van der Waals surface area (Å²) in [5.74, 6) is 0.440. The third-order valence-corrected chi connectivity index (χ3v) is 5.67. The van der Waals surface area contributed by atoms with E-state index in [1.807, 2.05) is 30.3 Å². The number of hydrogen-bond acceptors (Lipinski definition) is 4. The van der Waals surface area contributed by atoms with Crippen LogP contribution in [0.15, 0.2) is 54.6 Å². The van der Waals surface area contributed by atoms with Crippen LogP contribution in [-0.2, 0) is 18.1 Å². The van der Waals surface area contributed by atoms with Crippen LogP contribution in [0.1, 0.15) is 35.4 Å². The van der Waals surface area contributed by atoms with Crippen LogP contribution < -0.4 is 0 Å². The molecule has 1 aliphatic rings. The van der Waals surface area contributed by atoms with E-state index in [4.69, 9.17) is 0 Å². The van der Waals surface area contributed by atoms with Crippen molar-refractivity contribution in [2.24, 2.45) is 0 Å². The number of hydrogen-bond donors (Lipinski definition) is 1. The zero-order valence-electron chi connectivity index (χ0n) is 16.5. The standard InChI is InChI=1S/C21H20F3N5O2/c22-21(23,24)17-8-4-5-15(13-17)14-29-26-18(25-27-29)20(16-6-2-1-3-7-16)9-11-28(12-10-20)19(30)31/h1-8,13H,9-12,14H2,(H,30,31). The topological polar surface area (TPSA) is 84.1 Å². The molecule has 3 aromatic rings. The van der Waals surface area contributed by atoms with Gasteiger partial charge in [-0.2, -0.15) is 18.0 Å². The second-order valence-electron chi connectivity index (χ2n) is 7.56. The van der Waals surface area contributed by atoms with E-state index in [9.17, 15) is 23.1 Å². The Morgan fingerprint density at radius 2 is 1.77 bits per heavy atom. The molecule has 1 N–H and O–H groups in total. The summed E-state index contributed by atoms with van der Waals surface area (Å²) in [5, 5.41) is 22.1. The molecule has 7 nitrogen and oxygen atoms in total. The Morgan fingerprint density at radius 1 is 1.06 bits per heavy atom. The number of amides is 1. The summed E-state index contributed by atoms with van der Waals surface area (Å²) in [5.41, 5.74) is 0.0262. The maximum absolute atomic E-state index is 13.0. The van der Waals surface area contributed by atoms with Gasteiger partial charge in [-0.3, -0.25) is 0 Å². The monoisotopic (exact) mass is 431 g/mol. The van der Waals surface area contributed by atoms with Crippen molar-refractivity contribution in [3.63, 3.8) is 0 Å². The van der Waals surface area contributed by atoms with Gasteiger partial charge in [0.05, 0.1) is 17.5 Å². The Bertz CT molecular complexity index is 1060. The third-order valence-electron chi connectivity index (χ3n) is 5.67. The van der Waals surface area contributed by atoms with Gasteiger partial charge in [-0.25, -0.2) is 4.79 Å². The first-order valence-corrected chi connectivity index (χ1v) is 9.76. The molecular formula is C21H20F3N5O2. The van der Waals surface area contributed by atoms with E-state index in [-0.39, 0.29) is 6.54 Å². The van der Waals surface area contributed by atoms with Crippen molar-refractivity contribution in [3.05, 3.63) is 77.1 Å². The number of aromatic nitrogens is 4. The zero-order valence-corrected chi connectivity index (χ0v) is 16.5. The molecule has 0 aliphatic carbocycles. The molecule has 0 saturated carbocycles. The highest BCUT2D eigenvalue weighted by molar-refractivity contribution is 5.65. The summed E-state index contributed by atoms with van der Waals surface area (Å²) in [6.45, 7) is 0.696. The fourth-order valence-corrected chi connectivity index (χ4v) is 3.99. The molecule has 0 bridgehead atoms. The zero-order chi connectivity index (χ0) is 22.1. The molecule has 1 amide bonds. The normalized spacial score (nSPS) is 16.3. The first-order chi connectivity index (χ1) is 14.8. The Morgan fingerprint density at radius 3 is 2.42 bits per heavy atom. The second kappa shape index (κ2) is 8.01. The number of benzene rings is 2. The average molecular weight is 431 g/mol. The fraction of sp³-hybridized carbons (Fsp3) is 0.333. The maximum atomic E-state index is 13.0. The van der Waals surface area contributed by atoms with Gasteiger partial charge in [0.1, 0.15) is 0 Å². The van der Waals surface area contributed by atoms with Gasteiger partial charge in [0.15, 0.2) is 5.82 Å². The summed E-state index contributed by atoms with van der Waals surface area (Å²) >= 11 is 0. The van der Waals surface area contributed by atoms with Gasteiger partial charge < -0.3 is 10.0 Å². The minimum atomic E-state index is -4.42. The fourth-order valence-electron chi connectivity index (χ4n) is 3.99. The van der Waals surface area contributed by atoms with Crippen molar-refractivity contribution < 1.29 is 23.1 Å². The highest BCUT2D eigenvalue weighted by Crippen LogP contribution is 2.39. The number of piperidine rings is 1. The molecule has 0 spiro atoms. The van der Waals surface area contributed by atoms with Crippen LogP contribution in [0.4, 0.5) is 18.0 Å². The lowest BCUT2D eigenvalue weighted by Gasteiger charge is -2.39. The number of carbonyl (C=O) groups is 1. The quantitative estimate of drug-likeness (QED) is 0.679. The first kappa shape index (κ1) is 20.8. The Hall–Kier alpha value is -3.43. The van der Waals surface area contributed by atoms with Crippen LogP contribution in [0.5, 0.6) is 0 Å². The number of carboxylic acid groups (broad SMARTS) is 1. The molecule has 1 aromatic heterocycles. The molecule has 0 radical (unpaired) electrons. The van der Waals surface area contributed by atoms with Gasteiger partial charge in [-0.05, 0) is 41.3 Å². The predicted octanol–water partition coefficient (Wildman–Crippen LogP) is 3.80. The lowest BCUT2D eigenvalue weighted by Crippen LogP contribution is -2.45. The number of tetrazole rings is 1. The molecule has 0 atom stereocenters. The summed E-state index contributed by atoms with van der Waals surface area (Å²) in [6, 6.07) is 14.6. The lowest BCUT2D eigenvalue weighted by molar-refractivity contribution is -0.137. The van der Waals surface area contributed by atoms with Gasteiger partial charge in [0.2, 0.25) is 0 Å². The molecule has 31 heavy (non-hydrogen) atoms. The molecule has 0 unspecified atom stereocenters. The van der Waals surface area contributed by atoms with Crippen molar-refractivity contribution in [3.8, 4) is 0 Å². The molecule has 1 fully saturated rings. The summed E-state index contributed by atoms with van der Waals surface area (Å²) < 4.78 is 39.0. The number of rotatable bonds is 4. The third kappa shape index (κ3) is 4.23. The largest absolute Gasteiger partial charge is 0.465 e. The molecule has 1 aliphatic heterocycles. The van der Waals surface area contributed by atoms with Gasteiger partial charge in [0, 0.05) is 13.1 Å². The van der Waals surface area contributed by atoms with Crippen LogP contribution in [0, 0.1) is 0 Å². The summed E-state index contributed by atoms with van der Waals surface area (Å²) in [6.07, 6.45) is -4.42. The number of nitrogens with zero attached hydrogens (tertiary/aromatic N) is 5.